The molecule has 0 fully saturated rings. The van der Waals surface area contributed by atoms with Gasteiger partial charge in [0.05, 0.1) is 0 Å². The van der Waals surface area contributed by atoms with Crippen LogP contribution in [0.4, 0.5) is 4.39 Å². The number of fused-ring (bicyclic) bond motifs is 2. The van der Waals surface area contributed by atoms with E-state index in [2.05, 4.69) is 0 Å². The van der Waals surface area contributed by atoms with Crippen LogP contribution in [0.5, 0.6) is 0 Å². The van der Waals surface area contributed by atoms with Crippen LogP contribution in [0, 0.1) is 5.82 Å². The molecule has 0 aromatic heterocycles. The van der Waals surface area contributed by atoms with E-state index in [0.29, 0.717) is 10.6 Å². The third-order valence-corrected chi connectivity index (χ3v) is 4.25. The lowest BCUT2D eigenvalue weighted by atomic mass is 10.0. The van der Waals surface area contributed by atoms with E-state index in [1.165, 1.54) is 23.9 Å². The van der Waals surface area contributed by atoms with Gasteiger partial charge in [-0.3, -0.25) is 4.79 Å². The van der Waals surface area contributed by atoms with Crippen LogP contribution in [-0.2, 0) is 6.42 Å². The molecule has 2 aromatic carbocycles. The second-order valence-corrected chi connectivity index (χ2v) is 5.61. The predicted molar refractivity (Wildman–Crippen MR) is 70.0 cm³/mol. The fraction of sp³-hybridized carbons (Fsp3) is 0.0714. The standard InChI is InChI=1S/C14H8ClFOS/c15-9-2-4-13-11(6-9)12(17)5-8-1-3-10(16)7-14(8)18-13/h1-4,6-7H,5H2. The summed E-state index contributed by atoms with van der Waals surface area (Å²) in [6.07, 6.45) is 0.288. The number of rotatable bonds is 0. The van der Waals surface area contributed by atoms with Gasteiger partial charge in [-0.2, -0.15) is 0 Å². The third kappa shape index (κ3) is 2.04. The Morgan fingerprint density at radius 2 is 1.94 bits per heavy atom. The van der Waals surface area contributed by atoms with Crippen molar-refractivity contribution in [3.63, 3.8) is 0 Å². The van der Waals surface area contributed by atoms with Crippen molar-refractivity contribution in [1.29, 1.82) is 0 Å². The molecule has 0 spiro atoms. The van der Waals surface area contributed by atoms with Gasteiger partial charge in [0.25, 0.3) is 0 Å². The summed E-state index contributed by atoms with van der Waals surface area (Å²) in [5.74, 6) is -0.267. The Balaban J connectivity index is 2.17. The number of carbonyl (C=O) groups excluding carboxylic acids is 1. The van der Waals surface area contributed by atoms with Gasteiger partial charge in [-0.1, -0.05) is 29.4 Å². The molecule has 0 bridgehead atoms. The molecule has 3 rings (SSSR count). The van der Waals surface area contributed by atoms with E-state index in [1.807, 2.05) is 0 Å². The molecule has 0 amide bonds. The minimum absolute atomic E-state index is 0.0189. The van der Waals surface area contributed by atoms with Crippen molar-refractivity contribution in [2.75, 3.05) is 0 Å². The molecule has 0 saturated carbocycles. The quantitative estimate of drug-likeness (QED) is 0.712. The van der Waals surface area contributed by atoms with E-state index in [-0.39, 0.29) is 18.0 Å². The highest BCUT2D eigenvalue weighted by Crippen LogP contribution is 2.38. The Labute approximate surface area is 113 Å². The molecule has 0 N–H and O–H groups in total. The van der Waals surface area contributed by atoms with Gasteiger partial charge in [-0.25, -0.2) is 4.39 Å². The molecule has 1 aliphatic rings. The lowest BCUT2D eigenvalue weighted by molar-refractivity contribution is 0.0990. The van der Waals surface area contributed by atoms with Crippen molar-refractivity contribution in [2.24, 2.45) is 0 Å². The molecule has 0 radical (unpaired) electrons. The first kappa shape index (κ1) is 11.8. The van der Waals surface area contributed by atoms with Gasteiger partial charge in [0.2, 0.25) is 0 Å². The van der Waals surface area contributed by atoms with Crippen LogP contribution >= 0.6 is 23.4 Å². The molecule has 2 aromatic rings. The first-order valence-corrected chi connectivity index (χ1v) is 6.62. The van der Waals surface area contributed by atoms with Crippen LogP contribution in [0.1, 0.15) is 15.9 Å². The first-order chi connectivity index (χ1) is 8.63. The number of Topliss-reactive ketones (excluding diaryl/α,β-unsaturated/α-hetero) is 1. The Bertz CT molecular complexity index is 654. The van der Waals surface area contributed by atoms with Crippen LogP contribution < -0.4 is 0 Å². The Kier molecular flexibility index (Phi) is 2.88. The number of hydrogen-bond acceptors (Lipinski definition) is 2. The summed E-state index contributed by atoms with van der Waals surface area (Å²) in [5, 5.41) is 0.542. The number of hydrogen-bond donors (Lipinski definition) is 0. The van der Waals surface area contributed by atoms with Gasteiger partial charge in [-0.05, 0) is 35.9 Å². The van der Waals surface area contributed by atoms with Crippen molar-refractivity contribution >= 4 is 29.1 Å². The fourth-order valence-electron chi connectivity index (χ4n) is 1.97. The number of halogens is 2. The highest BCUT2D eigenvalue weighted by Gasteiger charge is 2.20. The van der Waals surface area contributed by atoms with Gasteiger partial charge in [-0.15, -0.1) is 0 Å². The van der Waals surface area contributed by atoms with Crippen molar-refractivity contribution in [2.45, 2.75) is 16.2 Å². The van der Waals surface area contributed by atoms with Gasteiger partial charge in [0.1, 0.15) is 5.82 Å². The highest BCUT2D eigenvalue weighted by atomic mass is 35.5. The maximum atomic E-state index is 13.2. The van der Waals surface area contributed by atoms with Crippen molar-refractivity contribution in [3.05, 3.63) is 58.4 Å². The zero-order valence-electron chi connectivity index (χ0n) is 9.24. The smallest absolute Gasteiger partial charge is 0.168 e. The molecule has 90 valence electrons. The molecule has 1 aliphatic heterocycles. The average Bonchev–Trinajstić information content (AvgIpc) is 2.46. The summed E-state index contributed by atoms with van der Waals surface area (Å²) >= 11 is 7.32. The largest absolute Gasteiger partial charge is 0.294 e. The van der Waals surface area contributed by atoms with Gasteiger partial charge in [0.15, 0.2) is 5.78 Å². The SMILES string of the molecule is O=C1Cc2ccc(F)cc2Sc2ccc(Cl)cc21. The van der Waals surface area contributed by atoms with E-state index < -0.39 is 0 Å². The lowest BCUT2D eigenvalue weighted by Gasteiger charge is -2.04. The van der Waals surface area contributed by atoms with Crippen molar-refractivity contribution in [3.8, 4) is 0 Å². The average molecular weight is 279 g/mol. The molecule has 18 heavy (non-hydrogen) atoms. The summed E-state index contributed by atoms with van der Waals surface area (Å²) in [7, 11) is 0. The molecular weight excluding hydrogens is 271 g/mol. The molecule has 4 heteroatoms. The van der Waals surface area contributed by atoms with E-state index >= 15 is 0 Å². The summed E-state index contributed by atoms with van der Waals surface area (Å²) in [6.45, 7) is 0. The van der Waals surface area contributed by atoms with Crippen LogP contribution in [0.25, 0.3) is 0 Å². The van der Waals surface area contributed by atoms with Gasteiger partial charge >= 0.3 is 0 Å². The number of ketones is 1. The van der Waals surface area contributed by atoms with E-state index in [9.17, 15) is 9.18 Å². The minimum atomic E-state index is -0.286. The molecule has 0 unspecified atom stereocenters. The molecule has 1 nitrogen and oxygen atoms in total. The van der Waals surface area contributed by atoms with Crippen LogP contribution in [0.15, 0.2) is 46.2 Å². The summed E-state index contributed by atoms with van der Waals surface area (Å²) < 4.78 is 13.2. The molecular formula is C14H8ClFOS. The topological polar surface area (TPSA) is 17.1 Å². The van der Waals surface area contributed by atoms with E-state index in [0.717, 1.165) is 15.4 Å². The summed E-state index contributed by atoms with van der Waals surface area (Å²) in [5.41, 5.74) is 1.47. The first-order valence-electron chi connectivity index (χ1n) is 5.42. The molecule has 0 atom stereocenters. The van der Waals surface area contributed by atoms with Crippen LogP contribution in [0.3, 0.4) is 0 Å². The fourth-order valence-corrected chi connectivity index (χ4v) is 3.24. The second-order valence-electron chi connectivity index (χ2n) is 4.09. The molecule has 1 heterocycles. The Morgan fingerprint density at radius 1 is 1.11 bits per heavy atom. The molecule has 0 saturated heterocycles. The Hall–Kier alpha value is -1.32. The minimum Gasteiger partial charge on any atom is -0.294 e. The van der Waals surface area contributed by atoms with E-state index in [4.69, 9.17) is 11.6 Å². The number of carbonyl (C=O) groups is 1. The lowest BCUT2D eigenvalue weighted by Crippen LogP contribution is -2.03. The monoisotopic (exact) mass is 278 g/mol. The van der Waals surface area contributed by atoms with Crippen molar-refractivity contribution in [1.82, 2.24) is 0 Å². The normalized spacial score (nSPS) is 13.8. The zero-order chi connectivity index (χ0) is 12.7. The zero-order valence-corrected chi connectivity index (χ0v) is 10.8. The van der Waals surface area contributed by atoms with Crippen molar-refractivity contribution < 1.29 is 9.18 Å². The second kappa shape index (κ2) is 4.41. The predicted octanol–water partition coefficient (Wildman–Crippen LogP) is 4.37. The van der Waals surface area contributed by atoms with E-state index in [1.54, 1.807) is 24.3 Å². The third-order valence-electron chi connectivity index (χ3n) is 2.84. The highest BCUT2D eigenvalue weighted by molar-refractivity contribution is 7.99. The van der Waals surface area contributed by atoms with Gasteiger partial charge in [0, 0.05) is 26.8 Å². The van der Waals surface area contributed by atoms with Crippen LogP contribution in [0.2, 0.25) is 5.02 Å². The maximum absolute atomic E-state index is 13.2. The summed E-state index contributed by atoms with van der Waals surface area (Å²) in [6, 6.07) is 9.75. The Morgan fingerprint density at radius 3 is 2.78 bits per heavy atom. The van der Waals surface area contributed by atoms with Gasteiger partial charge < -0.3 is 0 Å². The maximum Gasteiger partial charge on any atom is 0.168 e. The van der Waals surface area contributed by atoms with Crippen LogP contribution in [-0.4, -0.2) is 5.78 Å². The number of benzene rings is 2. The molecule has 0 aliphatic carbocycles. The summed E-state index contributed by atoms with van der Waals surface area (Å²) in [4.78, 5) is 13.8.